The number of methoxy groups -OCH3 is 1. The van der Waals surface area contributed by atoms with Crippen molar-refractivity contribution in [2.24, 2.45) is 5.73 Å². The van der Waals surface area contributed by atoms with E-state index in [1.807, 2.05) is 13.1 Å². The van der Waals surface area contributed by atoms with Gasteiger partial charge in [-0.15, -0.1) is 0 Å². The minimum atomic E-state index is -0.392. The maximum absolute atomic E-state index is 12.9. The Morgan fingerprint density at radius 3 is 2.62 bits per heavy atom. The number of hydrogen-bond acceptors (Lipinski definition) is 4. The highest BCUT2D eigenvalue weighted by atomic mass is 127. The Labute approximate surface area is 251 Å². The number of hydrogen-bond donors (Lipinski definition) is 2. The van der Waals surface area contributed by atoms with E-state index in [-0.39, 0.29) is 5.92 Å². The zero-order valence-corrected chi connectivity index (χ0v) is 27.4. The summed E-state index contributed by atoms with van der Waals surface area (Å²) in [7, 11) is 3.82. The molecule has 6 heteroatoms. The summed E-state index contributed by atoms with van der Waals surface area (Å²) in [4.78, 5) is 15.2. The van der Waals surface area contributed by atoms with Gasteiger partial charge in [-0.25, -0.2) is 0 Å². The average molecular weight is 648 g/mol. The van der Waals surface area contributed by atoms with Gasteiger partial charge in [0.15, 0.2) is 0 Å². The molecule has 39 heavy (non-hydrogen) atoms. The van der Waals surface area contributed by atoms with Gasteiger partial charge in [-0.05, 0) is 80.0 Å². The Hall–Kier alpha value is -2.22. The Balaban J connectivity index is 2.75. The number of nitrogens with one attached hydrogen (secondary N) is 1. The number of rotatable bonds is 16. The summed E-state index contributed by atoms with van der Waals surface area (Å²) in [5.74, 6) is 0.787. The number of nitrogens with two attached hydrogens (primary N) is 1. The number of benzene rings is 1. The third-order valence-electron chi connectivity index (χ3n) is 7.58. The lowest BCUT2D eigenvalue weighted by atomic mass is 9.82. The molecule has 216 valence electrons. The minimum Gasteiger partial charge on any atom is -0.501 e. The standard InChI is InChI=1S/C33H50IN3O2/c1-8-11-12-16-27(18-17-25(9-2)24(5)39-7)28-22-29(37(6)21-14-13-15-23(4)34)31(33(35)38)32-30(28)26(10-3)19-20-36-32/h12,16,18-20,22-23,26,36H,8-11,13-15,17,21H2,1-7H3,(H2,35,38)/b16-12+,25-24+,27-18+. The van der Waals surface area contributed by atoms with E-state index in [0.29, 0.717) is 9.49 Å². The van der Waals surface area contributed by atoms with Crippen LogP contribution in [-0.4, -0.2) is 30.5 Å². The molecule has 0 aromatic heterocycles. The highest BCUT2D eigenvalue weighted by molar-refractivity contribution is 14.1. The largest absolute Gasteiger partial charge is 0.501 e. The number of alkyl halides is 1. The first kappa shape index (κ1) is 33.0. The van der Waals surface area contributed by atoms with Crippen LogP contribution in [0, 0.1) is 0 Å². The molecule has 2 rings (SSSR count). The molecule has 2 unspecified atom stereocenters. The van der Waals surface area contributed by atoms with Crippen molar-refractivity contribution in [3.63, 3.8) is 0 Å². The molecule has 1 amide bonds. The average Bonchev–Trinajstić information content (AvgIpc) is 2.92. The van der Waals surface area contributed by atoms with Crippen molar-refractivity contribution in [2.75, 3.05) is 30.9 Å². The summed E-state index contributed by atoms with van der Waals surface area (Å²) in [6, 6.07) is 2.21. The number of primary amides is 1. The quantitative estimate of drug-likeness (QED) is 0.0618. The van der Waals surface area contributed by atoms with Gasteiger partial charge in [0.1, 0.15) is 0 Å². The van der Waals surface area contributed by atoms with Crippen LogP contribution in [0.15, 0.2) is 47.9 Å². The molecule has 3 N–H and O–H groups in total. The van der Waals surface area contributed by atoms with E-state index in [4.69, 9.17) is 10.5 Å². The van der Waals surface area contributed by atoms with Crippen molar-refractivity contribution in [3.8, 4) is 0 Å². The van der Waals surface area contributed by atoms with Crippen molar-refractivity contribution in [2.45, 2.75) is 95.8 Å². The van der Waals surface area contributed by atoms with Crippen LogP contribution in [0.4, 0.5) is 11.4 Å². The highest BCUT2D eigenvalue weighted by Gasteiger charge is 2.28. The molecular weight excluding hydrogens is 597 g/mol. The third-order valence-corrected chi connectivity index (χ3v) is 8.20. The molecule has 2 atom stereocenters. The van der Waals surface area contributed by atoms with Crippen molar-refractivity contribution < 1.29 is 9.53 Å². The Morgan fingerprint density at radius 2 is 2.03 bits per heavy atom. The molecule has 1 aliphatic rings. The van der Waals surface area contributed by atoms with Crippen molar-refractivity contribution in [3.05, 3.63) is 64.6 Å². The summed E-state index contributed by atoms with van der Waals surface area (Å²) in [6.07, 6.45) is 19.2. The first-order valence-corrected chi connectivity index (χ1v) is 15.8. The molecule has 1 aliphatic heterocycles. The van der Waals surface area contributed by atoms with Gasteiger partial charge >= 0.3 is 0 Å². The van der Waals surface area contributed by atoms with Gasteiger partial charge in [-0.2, -0.15) is 0 Å². The number of nitrogens with zero attached hydrogens (tertiary/aromatic N) is 1. The SMILES string of the molecule is CCC/C=C/C(=C\C/C(CC)=C(\C)OC)c1cc(N(C)CCCCC(C)I)c(C(N)=O)c2c1C(CC)C=CN2. The number of carbonyl (C=O) groups is 1. The van der Waals surface area contributed by atoms with E-state index in [2.05, 4.69) is 97.9 Å². The predicted molar refractivity (Wildman–Crippen MR) is 178 cm³/mol. The molecule has 0 radical (unpaired) electrons. The molecule has 0 fully saturated rings. The van der Waals surface area contributed by atoms with E-state index in [1.165, 1.54) is 23.1 Å². The van der Waals surface area contributed by atoms with Gasteiger partial charge in [-0.1, -0.05) is 87.4 Å². The first-order valence-electron chi connectivity index (χ1n) is 14.6. The smallest absolute Gasteiger partial charge is 0.252 e. The predicted octanol–water partition coefficient (Wildman–Crippen LogP) is 9.11. The van der Waals surface area contributed by atoms with Crippen LogP contribution in [0.25, 0.3) is 5.57 Å². The van der Waals surface area contributed by atoms with Crippen LogP contribution in [-0.2, 0) is 4.74 Å². The second kappa shape index (κ2) is 16.8. The third kappa shape index (κ3) is 9.16. The fourth-order valence-electron chi connectivity index (χ4n) is 5.15. The first-order chi connectivity index (χ1) is 18.7. The van der Waals surface area contributed by atoms with E-state index in [9.17, 15) is 4.79 Å². The van der Waals surface area contributed by atoms with Gasteiger partial charge in [0, 0.05) is 23.4 Å². The highest BCUT2D eigenvalue weighted by Crippen LogP contribution is 2.44. The number of amides is 1. The molecule has 0 saturated heterocycles. The van der Waals surface area contributed by atoms with E-state index >= 15 is 0 Å². The summed E-state index contributed by atoms with van der Waals surface area (Å²) < 4.78 is 6.24. The number of carbonyl (C=O) groups excluding carboxylic acids is 1. The van der Waals surface area contributed by atoms with Gasteiger partial charge in [0.2, 0.25) is 0 Å². The topological polar surface area (TPSA) is 67.6 Å². The summed E-state index contributed by atoms with van der Waals surface area (Å²) in [5, 5.41) is 3.43. The van der Waals surface area contributed by atoms with Crippen molar-refractivity contribution >= 4 is 45.4 Å². The molecule has 0 spiro atoms. The minimum absolute atomic E-state index is 0.198. The number of fused-ring (bicyclic) bond motifs is 1. The monoisotopic (exact) mass is 647 g/mol. The fourth-order valence-corrected chi connectivity index (χ4v) is 5.59. The zero-order valence-electron chi connectivity index (χ0n) is 25.2. The normalized spacial score (nSPS) is 16.5. The summed E-state index contributed by atoms with van der Waals surface area (Å²) in [5.41, 5.74) is 13.2. The van der Waals surface area contributed by atoms with Crippen LogP contribution in [0.2, 0.25) is 0 Å². The van der Waals surface area contributed by atoms with Gasteiger partial charge in [0.25, 0.3) is 5.91 Å². The van der Waals surface area contributed by atoms with Crippen LogP contribution >= 0.6 is 22.6 Å². The van der Waals surface area contributed by atoms with E-state index < -0.39 is 5.91 Å². The summed E-state index contributed by atoms with van der Waals surface area (Å²) in [6.45, 7) is 11.7. The summed E-state index contributed by atoms with van der Waals surface area (Å²) >= 11 is 2.49. The molecule has 1 aromatic carbocycles. The number of allylic oxidation sites excluding steroid dienone is 7. The lowest BCUT2D eigenvalue weighted by Gasteiger charge is -2.31. The zero-order chi connectivity index (χ0) is 28.9. The number of unbranched alkanes of at least 4 members (excludes halogenated alkanes) is 2. The molecule has 0 aliphatic carbocycles. The molecule has 5 nitrogen and oxygen atoms in total. The van der Waals surface area contributed by atoms with Crippen molar-refractivity contribution in [1.82, 2.24) is 0 Å². The molecule has 0 bridgehead atoms. The van der Waals surface area contributed by atoms with Gasteiger partial charge < -0.3 is 20.7 Å². The Kier molecular flexibility index (Phi) is 14.2. The van der Waals surface area contributed by atoms with Gasteiger partial charge in [0.05, 0.1) is 29.8 Å². The van der Waals surface area contributed by atoms with Crippen LogP contribution in [0.1, 0.15) is 113 Å². The lowest BCUT2D eigenvalue weighted by Crippen LogP contribution is -2.26. The fraction of sp³-hybridized carbons (Fsp3) is 0.545. The second-order valence-electron chi connectivity index (χ2n) is 10.5. The van der Waals surface area contributed by atoms with Crippen LogP contribution in [0.5, 0.6) is 0 Å². The Bertz CT molecular complexity index is 1080. The maximum Gasteiger partial charge on any atom is 0.252 e. The molecule has 0 saturated carbocycles. The number of anilines is 2. The number of halogens is 1. The van der Waals surface area contributed by atoms with Crippen molar-refractivity contribution in [1.29, 1.82) is 0 Å². The Morgan fingerprint density at radius 1 is 1.28 bits per heavy atom. The van der Waals surface area contributed by atoms with Crippen LogP contribution < -0.4 is 16.0 Å². The number of ether oxygens (including phenoxy) is 1. The molecular formula is C33H50IN3O2. The van der Waals surface area contributed by atoms with E-state index in [1.54, 1.807) is 7.11 Å². The van der Waals surface area contributed by atoms with E-state index in [0.717, 1.165) is 74.2 Å². The maximum atomic E-state index is 12.9. The second-order valence-corrected chi connectivity index (χ2v) is 12.6. The lowest BCUT2D eigenvalue weighted by molar-refractivity contribution is 0.100. The van der Waals surface area contributed by atoms with Crippen LogP contribution in [0.3, 0.4) is 0 Å². The molecule has 1 aromatic rings. The van der Waals surface area contributed by atoms with Gasteiger partial charge in [-0.3, -0.25) is 4.79 Å². The molecule has 1 heterocycles.